The SMILES string of the molecule is COc1ccc(Cc2c(C#N)nnn2-c2ccccc2F)cc1. The lowest BCUT2D eigenvalue weighted by Gasteiger charge is -2.08. The summed E-state index contributed by atoms with van der Waals surface area (Å²) in [4.78, 5) is 0. The van der Waals surface area contributed by atoms with Crippen molar-refractivity contribution in [1.82, 2.24) is 15.0 Å². The number of ether oxygens (including phenoxy) is 1. The standard InChI is InChI=1S/C17H13FN4O/c1-23-13-8-6-12(7-9-13)10-17-15(11-19)20-21-22(17)16-5-3-2-4-14(16)18/h2-9H,10H2,1H3. The van der Waals surface area contributed by atoms with Crippen molar-refractivity contribution in [3.05, 3.63) is 71.3 Å². The number of methoxy groups -OCH3 is 1. The summed E-state index contributed by atoms with van der Waals surface area (Å²) in [7, 11) is 1.60. The summed E-state index contributed by atoms with van der Waals surface area (Å²) in [6, 6.07) is 15.7. The molecule has 3 aromatic rings. The van der Waals surface area contributed by atoms with Gasteiger partial charge in [-0.05, 0) is 29.8 Å². The molecule has 3 rings (SSSR count). The summed E-state index contributed by atoms with van der Waals surface area (Å²) < 4.78 is 20.5. The van der Waals surface area contributed by atoms with E-state index in [1.807, 2.05) is 30.3 Å². The molecule has 0 atom stereocenters. The van der Waals surface area contributed by atoms with E-state index >= 15 is 0 Å². The maximum atomic E-state index is 14.0. The number of nitrogens with zero attached hydrogens (tertiary/aromatic N) is 4. The molecule has 5 nitrogen and oxygen atoms in total. The Morgan fingerprint density at radius 3 is 2.57 bits per heavy atom. The van der Waals surface area contributed by atoms with Crippen LogP contribution in [0.4, 0.5) is 4.39 Å². The van der Waals surface area contributed by atoms with Crippen LogP contribution in [-0.2, 0) is 6.42 Å². The van der Waals surface area contributed by atoms with Gasteiger partial charge in [-0.3, -0.25) is 0 Å². The van der Waals surface area contributed by atoms with E-state index in [4.69, 9.17) is 4.74 Å². The molecule has 0 saturated carbocycles. The summed E-state index contributed by atoms with van der Waals surface area (Å²) >= 11 is 0. The van der Waals surface area contributed by atoms with Gasteiger partial charge >= 0.3 is 0 Å². The molecule has 0 aliphatic rings. The van der Waals surface area contributed by atoms with Gasteiger partial charge in [0, 0.05) is 6.42 Å². The third-order valence-corrected chi connectivity index (χ3v) is 3.48. The molecule has 0 aliphatic heterocycles. The largest absolute Gasteiger partial charge is 0.497 e. The second kappa shape index (κ2) is 6.28. The minimum absolute atomic E-state index is 0.184. The molecule has 2 aromatic carbocycles. The molecule has 1 heterocycles. The van der Waals surface area contributed by atoms with Crippen LogP contribution >= 0.6 is 0 Å². The van der Waals surface area contributed by atoms with Crippen molar-refractivity contribution in [3.63, 3.8) is 0 Å². The predicted molar refractivity (Wildman–Crippen MR) is 81.8 cm³/mol. The summed E-state index contributed by atoms with van der Waals surface area (Å²) in [5.74, 6) is 0.327. The fraction of sp³-hybridized carbons (Fsp3) is 0.118. The maximum Gasteiger partial charge on any atom is 0.186 e. The lowest BCUT2D eigenvalue weighted by molar-refractivity contribution is 0.414. The van der Waals surface area contributed by atoms with Crippen LogP contribution in [0.2, 0.25) is 0 Å². The van der Waals surface area contributed by atoms with Gasteiger partial charge < -0.3 is 4.74 Å². The molecular formula is C17H13FN4O. The Labute approximate surface area is 132 Å². The molecule has 0 bridgehead atoms. The Balaban J connectivity index is 2.02. The lowest BCUT2D eigenvalue weighted by Crippen LogP contribution is -2.06. The van der Waals surface area contributed by atoms with E-state index in [9.17, 15) is 9.65 Å². The second-order valence-electron chi connectivity index (χ2n) is 4.88. The Hall–Kier alpha value is -3.20. The van der Waals surface area contributed by atoms with Crippen LogP contribution in [0.5, 0.6) is 5.75 Å². The molecule has 23 heavy (non-hydrogen) atoms. The molecule has 0 amide bonds. The zero-order valence-corrected chi connectivity index (χ0v) is 12.4. The second-order valence-corrected chi connectivity index (χ2v) is 4.88. The maximum absolute atomic E-state index is 14.0. The minimum atomic E-state index is -0.419. The molecule has 0 radical (unpaired) electrons. The molecule has 1 aromatic heterocycles. The van der Waals surface area contributed by atoms with E-state index in [0.717, 1.165) is 11.3 Å². The summed E-state index contributed by atoms with van der Waals surface area (Å²) in [6.07, 6.45) is 0.411. The Morgan fingerprint density at radius 2 is 1.91 bits per heavy atom. The number of halogens is 1. The Morgan fingerprint density at radius 1 is 1.17 bits per heavy atom. The van der Waals surface area contributed by atoms with Gasteiger partial charge in [0.05, 0.1) is 12.8 Å². The zero-order chi connectivity index (χ0) is 16.2. The number of rotatable bonds is 4. The van der Waals surface area contributed by atoms with E-state index < -0.39 is 5.82 Å². The van der Waals surface area contributed by atoms with Crippen LogP contribution in [0, 0.1) is 17.1 Å². The first-order chi connectivity index (χ1) is 11.2. The van der Waals surface area contributed by atoms with Crippen LogP contribution in [0.15, 0.2) is 48.5 Å². The molecule has 0 unspecified atom stereocenters. The first-order valence-electron chi connectivity index (χ1n) is 6.95. The van der Waals surface area contributed by atoms with Crippen LogP contribution < -0.4 is 4.74 Å². The molecule has 0 fully saturated rings. The highest BCUT2D eigenvalue weighted by Gasteiger charge is 2.16. The Bertz CT molecular complexity index is 865. The number of hydrogen-bond donors (Lipinski definition) is 0. The van der Waals surface area contributed by atoms with Crippen molar-refractivity contribution in [2.24, 2.45) is 0 Å². The summed E-state index contributed by atoms with van der Waals surface area (Å²) in [6.45, 7) is 0. The zero-order valence-electron chi connectivity index (χ0n) is 12.4. The van der Waals surface area contributed by atoms with E-state index in [2.05, 4.69) is 10.3 Å². The van der Waals surface area contributed by atoms with E-state index in [-0.39, 0.29) is 11.4 Å². The highest BCUT2D eigenvalue weighted by molar-refractivity contribution is 5.40. The van der Waals surface area contributed by atoms with Gasteiger partial charge in [0.25, 0.3) is 0 Å². The van der Waals surface area contributed by atoms with Gasteiger partial charge in [-0.2, -0.15) is 5.26 Å². The third-order valence-electron chi connectivity index (χ3n) is 3.48. The van der Waals surface area contributed by atoms with Gasteiger partial charge in [-0.25, -0.2) is 9.07 Å². The predicted octanol–water partition coefficient (Wildman–Crippen LogP) is 2.88. The van der Waals surface area contributed by atoms with Crippen molar-refractivity contribution >= 4 is 0 Å². The first kappa shape index (κ1) is 14.7. The van der Waals surface area contributed by atoms with Gasteiger partial charge in [0.1, 0.15) is 23.3 Å². The van der Waals surface area contributed by atoms with Crippen molar-refractivity contribution in [2.45, 2.75) is 6.42 Å². The average molecular weight is 308 g/mol. The Kier molecular flexibility index (Phi) is 4.02. The van der Waals surface area contributed by atoms with E-state index in [1.54, 1.807) is 25.3 Å². The van der Waals surface area contributed by atoms with Crippen molar-refractivity contribution in [3.8, 4) is 17.5 Å². The summed E-state index contributed by atoms with van der Waals surface area (Å²) in [5, 5.41) is 17.0. The van der Waals surface area contributed by atoms with Crippen LogP contribution in [0.25, 0.3) is 5.69 Å². The van der Waals surface area contributed by atoms with E-state index in [0.29, 0.717) is 12.1 Å². The van der Waals surface area contributed by atoms with Crippen molar-refractivity contribution in [2.75, 3.05) is 7.11 Å². The molecule has 0 spiro atoms. The molecule has 0 saturated heterocycles. The first-order valence-corrected chi connectivity index (χ1v) is 6.95. The molecular weight excluding hydrogens is 295 g/mol. The average Bonchev–Trinajstić information content (AvgIpc) is 2.98. The number of aromatic nitrogens is 3. The van der Waals surface area contributed by atoms with Crippen LogP contribution in [0.3, 0.4) is 0 Å². The fourth-order valence-electron chi connectivity index (χ4n) is 2.30. The quantitative estimate of drug-likeness (QED) is 0.743. The number of benzene rings is 2. The topological polar surface area (TPSA) is 63.7 Å². The lowest BCUT2D eigenvalue weighted by atomic mass is 10.1. The molecule has 0 N–H and O–H groups in total. The normalized spacial score (nSPS) is 10.3. The van der Waals surface area contributed by atoms with Crippen LogP contribution in [-0.4, -0.2) is 22.1 Å². The minimum Gasteiger partial charge on any atom is -0.497 e. The number of nitriles is 1. The monoisotopic (exact) mass is 308 g/mol. The molecule has 0 aliphatic carbocycles. The molecule has 114 valence electrons. The van der Waals surface area contributed by atoms with Gasteiger partial charge in [0.2, 0.25) is 0 Å². The third kappa shape index (κ3) is 2.90. The van der Waals surface area contributed by atoms with Crippen molar-refractivity contribution in [1.29, 1.82) is 5.26 Å². The van der Waals surface area contributed by atoms with Gasteiger partial charge in [0.15, 0.2) is 5.69 Å². The highest BCUT2D eigenvalue weighted by atomic mass is 19.1. The van der Waals surface area contributed by atoms with Gasteiger partial charge in [-0.1, -0.05) is 29.5 Å². The fourth-order valence-corrected chi connectivity index (χ4v) is 2.30. The molecule has 6 heteroatoms. The smallest absolute Gasteiger partial charge is 0.186 e. The van der Waals surface area contributed by atoms with Crippen LogP contribution in [0.1, 0.15) is 17.0 Å². The van der Waals surface area contributed by atoms with Gasteiger partial charge in [-0.15, -0.1) is 5.10 Å². The number of hydrogen-bond acceptors (Lipinski definition) is 4. The number of para-hydroxylation sites is 1. The van der Waals surface area contributed by atoms with E-state index in [1.165, 1.54) is 10.7 Å². The highest BCUT2D eigenvalue weighted by Crippen LogP contribution is 2.20. The summed E-state index contributed by atoms with van der Waals surface area (Å²) in [5.41, 5.74) is 1.94. The van der Waals surface area contributed by atoms with Crippen molar-refractivity contribution < 1.29 is 9.13 Å².